The van der Waals surface area contributed by atoms with Crippen LogP contribution in [0.15, 0.2) is 36.9 Å². The number of halogens is 4. The highest BCUT2D eigenvalue weighted by atomic mass is 19.4. The van der Waals surface area contributed by atoms with Crippen molar-refractivity contribution in [1.82, 2.24) is 19.4 Å². The fourth-order valence-corrected chi connectivity index (χ4v) is 3.21. The van der Waals surface area contributed by atoms with Crippen molar-refractivity contribution >= 4 is 17.2 Å². The van der Waals surface area contributed by atoms with E-state index in [0.717, 1.165) is 25.3 Å². The van der Waals surface area contributed by atoms with Crippen LogP contribution in [-0.2, 0) is 6.42 Å². The third-order valence-electron chi connectivity index (χ3n) is 4.71. The SMILES string of the molecule is C[C@@H](Nc1ncc2c(n1)CCCC=C2c1cc(F)c2nccn2c1)C(F)(F)F. The Morgan fingerprint density at radius 3 is 2.86 bits per heavy atom. The van der Waals surface area contributed by atoms with Gasteiger partial charge in [-0.2, -0.15) is 13.2 Å². The maximum atomic E-state index is 14.4. The largest absolute Gasteiger partial charge is 0.408 e. The van der Waals surface area contributed by atoms with Gasteiger partial charge < -0.3 is 9.72 Å². The van der Waals surface area contributed by atoms with E-state index in [9.17, 15) is 17.6 Å². The predicted molar refractivity (Wildman–Crippen MR) is 96.3 cm³/mol. The molecule has 28 heavy (non-hydrogen) atoms. The first kappa shape index (κ1) is 18.4. The summed E-state index contributed by atoms with van der Waals surface area (Å²) in [6.07, 6.45) is 6.17. The first-order valence-corrected chi connectivity index (χ1v) is 8.85. The van der Waals surface area contributed by atoms with E-state index in [4.69, 9.17) is 0 Å². The first-order chi connectivity index (χ1) is 13.3. The molecule has 146 valence electrons. The van der Waals surface area contributed by atoms with Gasteiger partial charge in [-0.15, -0.1) is 0 Å². The zero-order valence-electron chi connectivity index (χ0n) is 15.0. The number of alkyl halides is 3. The molecular formula is C19H17F4N5. The minimum atomic E-state index is -4.39. The Morgan fingerprint density at radius 2 is 2.07 bits per heavy atom. The lowest BCUT2D eigenvalue weighted by Crippen LogP contribution is -2.33. The van der Waals surface area contributed by atoms with Gasteiger partial charge in [-0.3, -0.25) is 0 Å². The third kappa shape index (κ3) is 3.44. The molecule has 0 aromatic carbocycles. The fourth-order valence-electron chi connectivity index (χ4n) is 3.21. The van der Waals surface area contributed by atoms with Crippen LogP contribution in [0.3, 0.4) is 0 Å². The van der Waals surface area contributed by atoms with Crippen LogP contribution < -0.4 is 5.32 Å². The Hall–Kier alpha value is -2.97. The first-order valence-electron chi connectivity index (χ1n) is 8.85. The number of nitrogens with zero attached hydrogens (tertiary/aromatic N) is 4. The molecule has 0 unspecified atom stereocenters. The van der Waals surface area contributed by atoms with Crippen molar-refractivity contribution in [1.29, 1.82) is 0 Å². The highest BCUT2D eigenvalue weighted by Crippen LogP contribution is 2.31. The topological polar surface area (TPSA) is 55.1 Å². The molecule has 0 radical (unpaired) electrons. The second-order valence-corrected chi connectivity index (χ2v) is 6.71. The normalized spacial score (nSPS) is 15.7. The number of hydrogen-bond donors (Lipinski definition) is 1. The van der Waals surface area contributed by atoms with Crippen molar-refractivity contribution in [2.24, 2.45) is 0 Å². The number of fused-ring (bicyclic) bond motifs is 2. The van der Waals surface area contributed by atoms with Crippen LogP contribution in [0.4, 0.5) is 23.5 Å². The van der Waals surface area contributed by atoms with Gasteiger partial charge in [-0.25, -0.2) is 19.3 Å². The summed E-state index contributed by atoms with van der Waals surface area (Å²) in [5.41, 5.74) is 2.97. The molecule has 0 bridgehead atoms. The smallest absolute Gasteiger partial charge is 0.343 e. The molecule has 0 amide bonds. The lowest BCUT2D eigenvalue weighted by molar-refractivity contribution is -0.138. The number of aromatic nitrogens is 4. The fraction of sp³-hybridized carbons (Fsp3) is 0.316. The number of anilines is 1. The highest BCUT2D eigenvalue weighted by Gasteiger charge is 2.36. The number of hydrogen-bond acceptors (Lipinski definition) is 4. The van der Waals surface area contributed by atoms with Gasteiger partial charge in [-0.05, 0) is 37.8 Å². The number of nitrogens with one attached hydrogen (secondary N) is 1. The summed E-state index contributed by atoms with van der Waals surface area (Å²) in [5, 5.41) is 2.30. The van der Waals surface area contributed by atoms with Crippen LogP contribution in [0.2, 0.25) is 0 Å². The summed E-state index contributed by atoms with van der Waals surface area (Å²) in [4.78, 5) is 12.3. The molecule has 0 saturated heterocycles. The summed E-state index contributed by atoms with van der Waals surface area (Å²) in [6.45, 7) is 1.02. The molecule has 1 aliphatic rings. The summed E-state index contributed by atoms with van der Waals surface area (Å²) in [6, 6.07) is -0.356. The van der Waals surface area contributed by atoms with Gasteiger partial charge in [0.05, 0.1) is 5.69 Å². The average Bonchev–Trinajstić information content (AvgIpc) is 3.01. The molecule has 9 heteroatoms. The second kappa shape index (κ2) is 6.88. The van der Waals surface area contributed by atoms with Crippen molar-refractivity contribution in [2.45, 2.75) is 38.4 Å². The van der Waals surface area contributed by atoms with Gasteiger partial charge in [-0.1, -0.05) is 6.08 Å². The molecule has 4 rings (SSSR count). The molecule has 3 aromatic heterocycles. The van der Waals surface area contributed by atoms with Crippen molar-refractivity contribution in [3.8, 4) is 0 Å². The molecule has 1 N–H and O–H groups in total. The minimum absolute atomic E-state index is 0.0685. The molecular weight excluding hydrogens is 374 g/mol. The van der Waals surface area contributed by atoms with Crippen molar-refractivity contribution in [3.63, 3.8) is 0 Å². The van der Waals surface area contributed by atoms with Crippen molar-refractivity contribution in [3.05, 3.63) is 59.6 Å². The number of rotatable bonds is 3. The molecule has 5 nitrogen and oxygen atoms in total. The van der Waals surface area contributed by atoms with Crippen molar-refractivity contribution in [2.75, 3.05) is 5.32 Å². The predicted octanol–water partition coefficient (Wildman–Crippen LogP) is 4.39. The Bertz CT molecular complexity index is 1050. The van der Waals surface area contributed by atoms with Gasteiger partial charge >= 0.3 is 6.18 Å². The summed E-state index contributed by atoms with van der Waals surface area (Å²) < 4.78 is 54.3. The molecule has 1 atom stereocenters. The summed E-state index contributed by atoms with van der Waals surface area (Å²) >= 11 is 0. The van der Waals surface area contributed by atoms with E-state index in [1.165, 1.54) is 18.5 Å². The summed E-state index contributed by atoms with van der Waals surface area (Å²) in [5.74, 6) is -0.520. The Balaban J connectivity index is 1.72. The van der Waals surface area contributed by atoms with Crippen LogP contribution in [0.1, 0.15) is 36.6 Å². The van der Waals surface area contributed by atoms with Gasteiger partial charge in [0.1, 0.15) is 6.04 Å². The monoisotopic (exact) mass is 391 g/mol. The molecule has 0 spiro atoms. The molecule has 0 fully saturated rings. The van der Waals surface area contributed by atoms with Crippen LogP contribution in [-0.4, -0.2) is 31.6 Å². The second-order valence-electron chi connectivity index (χ2n) is 6.71. The summed E-state index contributed by atoms with van der Waals surface area (Å²) in [7, 11) is 0. The molecule has 1 aliphatic carbocycles. The van der Waals surface area contributed by atoms with Crippen molar-refractivity contribution < 1.29 is 17.6 Å². The van der Waals surface area contributed by atoms with Gasteiger partial charge in [0.2, 0.25) is 5.95 Å². The highest BCUT2D eigenvalue weighted by molar-refractivity contribution is 5.81. The van der Waals surface area contributed by atoms with E-state index in [1.807, 2.05) is 6.08 Å². The van der Waals surface area contributed by atoms with Gasteiger partial charge in [0, 0.05) is 35.9 Å². The molecule has 0 saturated carbocycles. The number of imidazole rings is 1. The van der Waals surface area contributed by atoms with Gasteiger partial charge in [0.25, 0.3) is 0 Å². The zero-order valence-corrected chi connectivity index (χ0v) is 15.0. The molecule has 3 heterocycles. The zero-order chi connectivity index (χ0) is 19.9. The van der Waals surface area contributed by atoms with E-state index >= 15 is 0 Å². The van der Waals surface area contributed by atoms with E-state index < -0.39 is 18.0 Å². The number of allylic oxidation sites excluding steroid dienone is 1. The van der Waals surface area contributed by atoms with Crippen LogP contribution >= 0.6 is 0 Å². The standard InChI is InChI=1S/C19H17F4N5/c1-11(19(21,22)23)26-18-25-9-14-13(4-2-3-5-16(14)27-18)12-8-15(20)17-24-6-7-28(17)10-12/h4,6-11H,2-3,5H2,1H3,(H,25,26,27)/t11-/m1/s1. The Kier molecular flexibility index (Phi) is 4.52. The van der Waals surface area contributed by atoms with Gasteiger partial charge in [0.15, 0.2) is 11.5 Å². The van der Waals surface area contributed by atoms with Crippen LogP contribution in [0.5, 0.6) is 0 Å². The lowest BCUT2D eigenvalue weighted by atomic mass is 9.99. The number of aryl methyl sites for hydroxylation is 1. The average molecular weight is 391 g/mol. The third-order valence-corrected chi connectivity index (χ3v) is 4.71. The van der Waals surface area contributed by atoms with Crippen LogP contribution in [0, 0.1) is 5.82 Å². The molecule has 0 aliphatic heterocycles. The van der Waals surface area contributed by atoms with E-state index in [0.29, 0.717) is 23.2 Å². The lowest BCUT2D eigenvalue weighted by Gasteiger charge is -2.18. The van der Waals surface area contributed by atoms with E-state index in [1.54, 1.807) is 16.8 Å². The number of pyridine rings is 1. The maximum Gasteiger partial charge on any atom is 0.408 e. The maximum absolute atomic E-state index is 14.4. The minimum Gasteiger partial charge on any atom is -0.343 e. The van der Waals surface area contributed by atoms with E-state index in [-0.39, 0.29) is 11.6 Å². The Labute approximate surface area is 158 Å². The molecule has 3 aromatic rings. The Morgan fingerprint density at radius 1 is 1.25 bits per heavy atom. The quantitative estimate of drug-likeness (QED) is 0.673. The van der Waals surface area contributed by atoms with Crippen LogP contribution in [0.25, 0.3) is 11.2 Å². The van der Waals surface area contributed by atoms with E-state index in [2.05, 4.69) is 20.3 Å².